The Balaban J connectivity index is 2.70. The lowest BCUT2D eigenvalue weighted by Gasteiger charge is -2.30. The zero-order valence-electron chi connectivity index (χ0n) is 18.7. The molecule has 0 N–H and O–H groups in total. The molecular weight excluding hydrogens is 436 g/mol. The summed E-state index contributed by atoms with van der Waals surface area (Å²) in [4.78, 5) is 38.9. The summed E-state index contributed by atoms with van der Waals surface area (Å²) in [6, 6.07) is 11.5. The summed E-state index contributed by atoms with van der Waals surface area (Å²) in [5.74, 6) is -3.92. The highest BCUT2D eigenvalue weighted by molar-refractivity contribution is 6.30. The van der Waals surface area contributed by atoms with Crippen molar-refractivity contribution in [3.05, 3.63) is 58.6 Å². The molecule has 0 saturated carbocycles. The molecule has 0 aliphatic rings. The van der Waals surface area contributed by atoms with Gasteiger partial charge in [0.25, 0.3) is 0 Å². The second-order valence-electron chi connectivity index (χ2n) is 7.05. The van der Waals surface area contributed by atoms with Crippen molar-refractivity contribution in [3.63, 3.8) is 0 Å². The normalized spacial score (nSPS) is 12.6. The number of carbonyl (C=O) groups excluding carboxylic acids is 3. The number of Topliss-reactive ketones (excluding diaryl/α,β-unsaturated/α-hetero) is 1. The Labute approximate surface area is 192 Å². The molecule has 8 heteroatoms. The summed E-state index contributed by atoms with van der Waals surface area (Å²) >= 11 is 5.96. The molecule has 0 aromatic heterocycles. The fourth-order valence-electron chi connectivity index (χ4n) is 3.79. The first-order chi connectivity index (χ1) is 15.3. The van der Waals surface area contributed by atoms with Crippen molar-refractivity contribution in [2.24, 2.45) is 11.8 Å². The minimum atomic E-state index is -1.36. The first kappa shape index (κ1) is 25.2. The minimum absolute atomic E-state index is 0.234. The molecule has 0 amide bonds. The van der Waals surface area contributed by atoms with Gasteiger partial charge in [0, 0.05) is 22.4 Å². The topological polar surface area (TPSA) is 88.1 Å². The molecule has 2 rings (SSSR count). The van der Waals surface area contributed by atoms with Crippen molar-refractivity contribution in [2.45, 2.75) is 19.3 Å². The van der Waals surface area contributed by atoms with Gasteiger partial charge in [-0.05, 0) is 48.4 Å². The summed E-state index contributed by atoms with van der Waals surface area (Å²) in [7, 11) is 5.35. The van der Waals surface area contributed by atoms with Crippen molar-refractivity contribution < 1.29 is 33.3 Å². The number of halogens is 1. The van der Waals surface area contributed by atoms with E-state index in [2.05, 4.69) is 0 Å². The van der Waals surface area contributed by atoms with Gasteiger partial charge in [-0.25, -0.2) is 0 Å². The van der Waals surface area contributed by atoms with E-state index in [4.69, 9.17) is 30.5 Å². The van der Waals surface area contributed by atoms with Gasteiger partial charge in [0.05, 0.1) is 28.4 Å². The van der Waals surface area contributed by atoms with Crippen LogP contribution in [0.15, 0.2) is 42.5 Å². The second kappa shape index (κ2) is 11.5. The van der Waals surface area contributed by atoms with Gasteiger partial charge in [-0.1, -0.05) is 24.6 Å². The Kier molecular flexibility index (Phi) is 9.08. The first-order valence-electron chi connectivity index (χ1n) is 10.00. The van der Waals surface area contributed by atoms with E-state index in [0.717, 1.165) is 0 Å². The van der Waals surface area contributed by atoms with Crippen LogP contribution in [0.1, 0.15) is 35.2 Å². The number of benzene rings is 2. The van der Waals surface area contributed by atoms with Gasteiger partial charge in [0.15, 0.2) is 23.2 Å². The Morgan fingerprint density at radius 3 is 1.88 bits per heavy atom. The number of hydrogen-bond acceptors (Lipinski definition) is 7. The number of ketones is 1. The van der Waals surface area contributed by atoms with E-state index in [0.29, 0.717) is 34.1 Å². The van der Waals surface area contributed by atoms with Gasteiger partial charge >= 0.3 is 11.9 Å². The molecule has 0 unspecified atom stereocenters. The van der Waals surface area contributed by atoms with Crippen LogP contribution in [-0.2, 0) is 19.1 Å². The SMILES string of the molecule is CC[C@H](C(=O)c1ccc(Cl)cc1)[C@H](c1ccc(OC)c(OC)c1)C(C(=O)OC)C(=O)OC. The van der Waals surface area contributed by atoms with E-state index in [1.807, 2.05) is 6.92 Å². The number of rotatable bonds is 10. The van der Waals surface area contributed by atoms with E-state index < -0.39 is 29.7 Å². The van der Waals surface area contributed by atoms with Gasteiger partial charge < -0.3 is 18.9 Å². The fraction of sp³-hybridized carbons (Fsp3) is 0.375. The van der Waals surface area contributed by atoms with Gasteiger partial charge in [0.2, 0.25) is 0 Å². The molecule has 0 fully saturated rings. The quantitative estimate of drug-likeness (QED) is 0.295. The number of ether oxygens (including phenoxy) is 4. The highest BCUT2D eigenvalue weighted by atomic mass is 35.5. The molecule has 0 saturated heterocycles. The Bertz CT molecular complexity index is 939. The number of hydrogen-bond donors (Lipinski definition) is 0. The summed E-state index contributed by atoms with van der Waals surface area (Å²) in [6.07, 6.45) is 0.352. The lowest BCUT2D eigenvalue weighted by Crippen LogP contribution is -2.38. The van der Waals surface area contributed by atoms with Crippen LogP contribution in [0, 0.1) is 11.8 Å². The third kappa shape index (κ3) is 5.40. The Hall–Kier alpha value is -3.06. The number of esters is 2. The van der Waals surface area contributed by atoms with Crippen LogP contribution in [0.25, 0.3) is 0 Å². The van der Waals surface area contributed by atoms with E-state index in [1.165, 1.54) is 28.4 Å². The summed E-state index contributed by atoms with van der Waals surface area (Å²) < 4.78 is 20.5. The van der Waals surface area contributed by atoms with Crippen molar-refractivity contribution in [1.82, 2.24) is 0 Å². The molecule has 0 bridgehead atoms. The van der Waals surface area contributed by atoms with Gasteiger partial charge in [-0.2, -0.15) is 0 Å². The zero-order chi connectivity index (χ0) is 23.8. The van der Waals surface area contributed by atoms with Crippen LogP contribution >= 0.6 is 11.6 Å². The fourth-order valence-corrected chi connectivity index (χ4v) is 3.92. The van der Waals surface area contributed by atoms with E-state index >= 15 is 0 Å². The molecule has 2 aromatic carbocycles. The molecule has 0 aliphatic carbocycles. The average Bonchev–Trinajstić information content (AvgIpc) is 2.82. The third-order valence-electron chi connectivity index (χ3n) is 5.40. The second-order valence-corrected chi connectivity index (χ2v) is 7.49. The van der Waals surface area contributed by atoms with Crippen LogP contribution in [0.4, 0.5) is 0 Å². The maximum absolute atomic E-state index is 13.5. The monoisotopic (exact) mass is 462 g/mol. The van der Waals surface area contributed by atoms with Crippen LogP contribution in [0.2, 0.25) is 5.02 Å². The van der Waals surface area contributed by atoms with Gasteiger partial charge in [0.1, 0.15) is 0 Å². The van der Waals surface area contributed by atoms with Crippen molar-refractivity contribution in [1.29, 1.82) is 0 Å². The molecule has 0 heterocycles. The molecule has 0 spiro atoms. The summed E-state index contributed by atoms with van der Waals surface area (Å²) in [5.41, 5.74) is 0.956. The predicted molar refractivity (Wildman–Crippen MR) is 119 cm³/mol. The van der Waals surface area contributed by atoms with Crippen LogP contribution < -0.4 is 9.47 Å². The van der Waals surface area contributed by atoms with Crippen LogP contribution in [-0.4, -0.2) is 46.2 Å². The average molecular weight is 463 g/mol. The number of carbonyl (C=O) groups is 3. The van der Waals surface area contributed by atoms with Gasteiger partial charge in [-0.3, -0.25) is 14.4 Å². The van der Waals surface area contributed by atoms with Gasteiger partial charge in [-0.15, -0.1) is 0 Å². The highest BCUT2D eigenvalue weighted by Gasteiger charge is 2.44. The lowest BCUT2D eigenvalue weighted by atomic mass is 9.72. The van der Waals surface area contributed by atoms with Crippen molar-refractivity contribution in [2.75, 3.05) is 28.4 Å². The smallest absolute Gasteiger partial charge is 0.320 e. The molecule has 2 atom stereocenters. The van der Waals surface area contributed by atoms with Crippen LogP contribution in [0.5, 0.6) is 11.5 Å². The van der Waals surface area contributed by atoms with Crippen molar-refractivity contribution in [3.8, 4) is 11.5 Å². The summed E-state index contributed by atoms with van der Waals surface area (Å²) in [5, 5.41) is 0.494. The minimum Gasteiger partial charge on any atom is -0.493 e. The molecule has 0 radical (unpaired) electrons. The first-order valence-corrected chi connectivity index (χ1v) is 10.4. The molecule has 172 valence electrons. The number of methoxy groups -OCH3 is 4. The third-order valence-corrected chi connectivity index (χ3v) is 5.65. The lowest BCUT2D eigenvalue weighted by molar-refractivity contribution is -0.160. The van der Waals surface area contributed by atoms with E-state index in [9.17, 15) is 14.4 Å². The van der Waals surface area contributed by atoms with E-state index in [1.54, 1.807) is 42.5 Å². The summed E-state index contributed by atoms with van der Waals surface area (Å²) in [6.45, 7) is 1.82. The Morgan fingerprint density at radius 2 is 1.41 bits per heavy atom. The molecular formula is C24H27ClO7. The highest BCUT2D eigenvalue weighted by Crippen LogP contribution is 2.41. The standard InChI is InChI=1S/C24H27ClO7/c1-6-17(22(26)14-7-10-16(25)11-8-14)20(21(23(27)31-4)24(28)32-5)15-9-12-18(29-2)19(13-15)30-3/h7-13,17,20-21H,6H2,1-5H3/t17-,20-/m0/s1. The molecule has 7 nitrogen and oxygen atoms in total. The van der Waals surface area contributed by atoms with Crippen LogP contribution in [0.3, 0.4) is 0 Å². The zero-order valence-corrected chi connectivity index (χ0v) is 19.5. The maximum Gasteiger partial charge on any atom is 0.320 e. The molecule has 0 aliphatic heterocycles. The van der Waals surface area contributed by atoms with E-state index in [-0.39, 0.29) is 5.78 Å². The van der Waals surface area contributed by atoms with Crippen molar-refractivity contribution >= 4 is 29.3 Å². The Morgan fingerprint density at radius 1 is 0.844 bits per heavy atom. The molecule has 32 heavy (non-hydrogen) atoms. The maximum atomic E-state index is 13.5. The molecule has 2 aromatic rings. The predicted octanol–water partition coefficient (Wildman–Crippen LogP) is 4.31. The largest absolute Gasteiger partial charge is 0.493 e.